The lowest BCUT2D eigenvalue weighted by Gasteiger charge is -2.44. The average molecular weight is 370 g/mol. The molecule has 0 radical (unpaired) electrons. The zero-order valence-corrected chi connectivity index (χ0v) is 17.9. The maximum absolute atomic E-state index is 5.89. The Bertz CT molecular complexity index is 816. The Hall–Kier alpha value is -1.39. The molecule has 4 nitrogen and oxygen atoms in total. The molecular weight excluding hydrogens is 334 g/mol. The number of piperidine rings is 1. The van der Waals surface area contributed by atoms with Crippen LogP contribution in [0.4, 0.5) is 0 Å². The summed E-state index contributed by atoms with van der Waals surface area (Å²) in [5.74, 6) is 0. The standard InChI is InChI=1S/C23H35N3O/c1-22(2,3)21-18-8-7-16-9-12-25(15-19(16)20(18)27-24-21)17-10-13-26(14-11-17)23(4,5)6/h7-8,17H,9-15H2,1-6H3. The van der Waals surface area contributed by atoms with E-state index in [4.69, 9.17) is 4.52 Å². The lowest BCUT2D eigenvalue weighted by atomic mass is 9.87. The van der Waals surface area contributed by atoms with E-state index >= 15 is 0 Å². The van der Waals surface area contributed by atoms with Crippen molar-refractivity contribution in [3.63, 3.8) is 0 Å². The van der Waals surface area contributed by atoms with Gasteiger partial charge in [0.05, 0.1) is 5.69 Å². The van der Waals surface area contributed by atoms with Crippen molar-refractivity contribution in [1.82, 2.24) is 15.0 Å². The van der Waals surface area contributed by atoms with Crippen molar-refractivity contribution in [2.75, 3.05) is 19.6 Å². The number of rotatable bonds is 1. The molecule has 1 aromatic heterocycles. The SMILES string of the molecule is CC(C)(C)c1noc2c3c(ccc12)CCN(C1CCN(C(C)(C)C)CC1)C3. The van der Waals surface area contributed by atoms with Gasteiger partial charge in [0.1, 0.15) is 0 Å². The molecule has 2 aromatic rings. The van der Waals surface area contributed by atoms with Crippen molar-refractivity contribution in [3.05, 3.63) is 29.0 Å². The summed E-state index contributed by atoms with van der Waals surface area (Å²) in [5, 5.41) is 5.65. The third-order valence-electron chi connectivity index (χ3n) is 6.51. The van der Waals surface area contributed by atoms with Gasteiger partial charge in [0.25, 0.3) is 0 Å². The van der Waals surface area contributed by atoms with Crippen LogP contribution in [0, 0.1) is 0 Å². The summed E-state index contributed by atoms with van der Waals surface area (Å²) >= 11 is 0. The molecule has 148 valence electrons. The quantitative estimate of drug-likeness (QED) is 0.726. The number of nitrogens with zero attached hydrogens (tertiary/aromatic N) is 3. The van der Waals surface area contributed by atoms with Crippen LogP contribution in [-0.4, -0.2) is 46.2 Å². The number of fused-ring (bicyclic) bond motifs is 3. The molecule has 0 spiro atoms. The summed E-state index contributed by atoms with van der Waals surface area (Å²) in [7, 11) is 0. The molecular formula is C23H35N3O. The van der Waals surface area contributed by atoms with Gasteiger partial charge in [0.15, 0.2) is 5.58 Å². The van der Waals surface area contributed by atoms with Gasteiger partial charge in [-0.15, -0.1) is 0 Å². The van der Waals surface area contributed by atoms with Gasteiger partial charge in [-0.25, -0.2) is 0 Å². The van der Waals surface area contributed by atoms with Gasteiger partial charge < -0.3 is 4.52 Å². The van der Waals surface area contributed by atoms with Crippen molar-refractivity contribution in [3.8, 4) is 0 Å². The van der Waals surface area contributed by atoms with E-state index in [-0.39, 0.29) is 11.0 Å². The molecule has 0 atom stereocenters. The Kier molecular flexibility index (Phi) is 4.63. The van der Waals surface area contributed by atoms with Crippen LogP contribution in [0.15, 0.2) is 16.7 Å². The highest BCUT2D eigenvalue weighted by Crippen LogP contribution is 2.35. The molecule has 0 aliphatic carbocycles. The minimum atomic E-state index is 0.00756. The second kappa shape index (κ2) is 6.59. The van der Waals surface area contributed by atoms with Crippen LogP contribution in [-0.2, 0) is 18.4 Å². The molecule has 4 rings (SSSR count). The summed E-state index contributed by atoms with van der Waals surface area (Å²) in [6.45, 7) is 18.2. The highest BCUT2D eigenvalue weighted by Gasteiger charge is 2.32. The molecule has 0 N–H and O–H groups in total. The largest absolute Gasteiger partial charge is 0.356 e. The lowest BCUT2D eigenvalue weighted by molar-refractivity contribution is 0.0512. The molecule has 1 aromatic carbocycles. The van der Waals surface area contributed by atoms with Crippen LogP contribution in [0.3, 0.4) is 0 Å². The molecule has 2 aliphatic rings. The van der Waals surface area contributed by atoms with E-state index in [0.29, 0.717) is 6.04 Å². The van der Waals surface area contributed by atoms with Crippen LogP contribution >= 0.6 is 0 Å². The first kappa shape index (κ1) is 18.9. The fourth-order valence-electron chi connectivity index (χ4n) is 4.81. The smallest absolute Gasteiger partial charge is 0.171 e. The van der Waals surface area contributed by atoms with Crippen LogP contribution in [0.5, 0.6) is 0 Å². The Morgan fingerprint density at radius 3 is 2.33 bits per heavy atom. The van der Waals surface area contributed by atoms with E-state index in [1.807, 2.05) is 0 Å². The first-order valence-electron chi connectivity index (χ1n) is 10.5. The van der Waals surface area contributed by atoms with E-state index in [9.17, 15) is 0 Å². The first-order valence-corrected chi connectivity index (χ1v) is 10.5. The highest BCUT2D eigenvalue weighted by molar-refractivity contribution is 5.84. The van der Waals surface area contributed by atoms with E-state index < -0.39 is 0 Å². The Morgan fingerprint density at radius 2 is 1.70 bits per heavy atom. The minimum Gasteiger partial charge on any atom is -0.356 e. The number of likely N-dealkylation sites (tertiary alicyclic amines) is 1. The normalized spacial score (nSPS) is 21.0. The van der Waals surface area contributed by atoms with Crippen LogP contribution in [0.25, 0.3) is 11.0 Å². The number of hydrogen-bond acceptors (Lipinski definition) is 4. The third-order valence-corrected chi connectivity index (χ3v) is 6.51. The molecule has 0 bridgehead atoms. The Labute approximate surface area is 163 Å². The van der Waals surface area contributed by atoms with Gasteiger partial charge >= 0.3 is 0 Å². The van der Waals surface area contributed by atoms with Gasteiger partial charge in [-0.3, -0.25) is 9.80 Å². The van der Waals surface area contributed by atoms with Gasteiger partial charge in [0.2, 0.25) is 0 Å². The molecule has 0 amide bonds. The molecule has 0 unspecified atom stereocenters. The molecule has 1 fully saturated rings. The highest BCUT2D eigenvalue weighted by atomic mass is 16.5. The molecule has 2 aliphatic heterocycles. The lowest BCUT2D eigenvalue weighted by Crippen LogP contribution is -2.51. The summed E-state index contributed by atoms with van der Waals surface area (Å²) in [4.78, 5) is 5.33. The number of aromatic nitrogens is 1. The zero-order chi connectivity index (χ0) is 19.4. The van der Waals surface area contributed by atoms with Gasteiger partial charge in [-0.1, -0.05) is 32.0 Å². The number of hydrogen-bond donors (Lipinski definition) is 0. The Morgan fingerprint density at radius 1 is 1.00 bits per heavy atom. The van der Waals surface area contributed by atoms with Crippen LogP contribution in [0.1, 0.15) is 71.2 Å². The first-order chi connectivity index (χ1) is 12.6. The average Bonchev–Trinajstić information content (AvgIpc) is 3.05. The molecule has 0 saturated carbocycles. The Balaban J connectivity index is 1.55. The van der Waals surface area contributed by atoms with Crippen molar-refractivity contribution >= 4 is 11.0 Å². The monoisotopic (exact) mass is 369 g/mol. The van der Waals surface area contributed by atoms with Gasteiger partial charge in [-0.2, -0.15) is 0 Å². The summed E-state index contributed by atoms with van der Waals surface area (Å²) in [6.07, 6.45) is 3.66. The van der Waals surface area contributed by atoms with E-state index in [1.165, 1.54) is 49.0 Å². The summed E-state index contributed by atoms with van der Waals surface area (Å²) in [5.41, 5.74) is 5.22. The second-order valence-electron chi connectivity index (χ2n) is 10.5. The van der Waals surface area contributed by atoms with E-state index in [1.54, 1.807) is 0 Å². The maximum Gasteiger partial charge on any atom is 0.171 e. The maximum atomic E-state index is 5.89. The van der Waals surface area contributed by atoms with Gasteiger partial charge in [0, 0.05) is 54.1 Å². The van der Waals surface area contributed by atoms with E-state index in [0.717, 1.165) is 24.2 Å². The summed E-state index contributed by atoms with van der Waals surface area (Å²) in [6, 6.07) is 5.23. The predicted molar refractivity (Wildman–Crippen MR) is 111 cm³/mol. The van der Waals surface area contributed by atoms with Crippen molar-refractivity contribution in [2.24, 2.45) is 0 Å². The number of benzene rings is 1. The zero-order valence-electron chi connectivity index (χ0n) is 17.9. The summed E-state index contributed by atoms with van der Waals surface area (Å²) < 4.78 is 5.89. The topological polar surface area (TPSA) is 32.5 Å². The fraction of sp³-hybridized carbons (Fsp3) is 0.696. The van der Waals surface area contributed by atoms with Crippen molar-refractivity contribution < 1.29 is 4.52 Å². The van der Waals surface area contributed by atoms with E-state index in [2.05, 4.69) is 68.6 Å². The molecule has 27 heavy (non-hydrogen) atoms. The second-order valence-corrected chi connectivity index (χ2v) is 10.5. The predicted octanol–water partition coefficient (Wildman–Crippen LogP) is 4.75. The van der Waals surface area contributed by atoms with Crippen molar-refractivity contribution in [1.29, 1.82) is 0 Å². The molecule has 1 saturated heterocycles. The van der Waals surface area contributed by atoms with Crippen molar-refractivity contribution in [2.45, 2.75) is 84.3 Å². The molecule has 3 heterocycles. The van der Waals surface area contributed by atoms with Crippen LogP contribution < -0.4 is 0 Å². The van der Waals surface area contributed by atoms with Crippen LogP contribution in [0.2, 0.25) is 0 Å². The third kappa shape index (κ3) is 3.54. The van der Waals surface area contributed by atoms with Gasteiger partial charge in [-0.05, 0) is 51.7 Å². The minimum absolute atomic E-state index is 0.00756. The fourth-order valence-corrected chi connectivity index (χ4v) is 4.81. The molecule has 4 heteroatoms.